The van der Waals surface area contributed by atoms with Crippen molar-refractivity contribution >= 4 is 6.09 Å². The summed E-state index contributed by atoms with van der Waals surface area (Å²) in [4.78, 5) is 14.2. The average molecular weight is 256 g/mol. The Balaban J connectivity index is 2.13. The average Bonchev–Trinajstić information content (AvgIpc) is 2.58. The number of carbonyl (C=O) groups is 1. The van der Waals surface area contributed by atoms with E-state index in [0.717, 1.165) is 32.5 Å². The van der Waals surface area contributed by atoms with Crippen LogP contribution in [0.15, 0.2) is 0 Å². The zero-order valence-electron chi connectivity index (χ0n) is 11.6. The van der Waals surface area contributed by atoms with Crippen LogP contribution in [0.3, 0.4) is 0 Å². The van der Waals surface area contributed by atoms with Crippen molar-refractivity contribution in [2.45, 2.75) is 44.8 Å². The molecule has 0 aliphatic carbocycles. The number of rotatable bonds is 0. The van der Waals surface area contributed by atoms with Crippen LogP contribution in [0, 0.1) is 0 Å². The molecule has 1 unspecified atom stereocenters. The normalized spacial score (nSPS) is 29.4. The first-order valence-corrected chi connectivity index (χ1v) is 6.72. The monoisotopic (exact) mass is 256 g/mol. The Hall–Kier alpha value is -0.810. The number of nitrogens with zero attached hydrogens (tertiary/aromatic N) is 1. The fourth-order valence-electron chi connectivity index (χ4n) is 2.67. The summed E-state index contributed by atoms with van der Waals surface area (Å²) in [6.45, 7) is 9.45. The lowest BCUT2D eigenvalue weighted by Crippen LogP contribution is -2.54. The Morgan fingerprint density at radius 2 is 2.11 bits per heavy atom. The molecular weight excluding hydrogens is 232 g/mol. The second kappa shape index (κ2) is 5.05. The van der Waals surface area contributed by atoms with Crippen molar-refractivity contribution in [3.8, 4) is 0 Å². The predicted octanol–water partition coefficient (Wildman–Crippen LogP) is 1.38. The molecule has 2 aliphatic rings. The van der Waals surface area contributed by atoms with E-state index in [4.69, 9.17) is 9.47 Å². The Morgan fingerprint density at radius 1 is 1.33 bits per heavy atom. The number of hydrogen-bond donors (Lipinski definition) is 1. The molecule has 0 aromatic rings. The van der Waals surface area contributed by atoms with Crippen LogP contribution in [0.5, 0.6) is 0 Å². The van der Waals surface area contributed by atoms with Gasteiger partial charge in [0.25, 0.3) is 0 Å². The van der Waals surface area contributed by atoms with Gasteiger partial charge in [0.15, 0.2) is 0 Å². The topological polar surface area (TPSA) is 50.8 Å². The highest BCUT2D eigenvalue weighted by Gasteiger charge is 2.44. The molecule has 104 valence electrons. The smallest absolute Gasteiger partial charge is 0.410 e. The first-order valence-electron chi connectivity index (χ1n) is 6.72. The Morgan fingerprint density at radius 3 is 2.72 bits per heavy atom. The van der Waals surface area contributed by atoms with Gasteiger partial charge < -0.3 is 14.8 Å². The molecule has 18 heavy (non-hydrogen) atoms. The van der Waals surface area contributed by atoms with E-state index in [1.807, 2.05) is 25.7 Å². The van der Waals surface area contributed by atoms with E-state index in [1.54, 1.807) is 0 Å². The third-order valence-corrected chi connectivity index (χ3v) is 3.58. The highest BCUT2D eigenvalue weighted by atomic mass is 16.6. The number of nitrogens with one attached hydrogen (secondary N) is 1. The molecular formula is C13H24N2O3. The van der Waals surface area contributed by atoms with Gasteiger partial charge in [0, 0.05) is 19.7 Å². The van der Waals surface area contributed by atoms with Crippen LogP contribution < -0.4 is 5.32 Å². The number of ether oxygens (including phenoxy) is 2. The van der Waals surface area contributed by atoms with Crippen molar-refractivity contribution in [3.05, 3.63) is 0 Å². The van der Waals surface area contributed by atoms with Gasteiger partial charge in [-0.15, -0.1) is 0 Å². The summed E-state index contributed by atoms with van der Waals surface area (Å²) in [5, 5.41) is 3.35. The van der Waals surface area contributed by atoms with Gasteiger partial charge in [-0.05, 0) is 40.2 Å². The second-order valence-electron chi connectivity index (χ2n) is 6.15. The van der Waals surface area contributed by atoms with E-state index >= 15 is 0 Å². The molecule has 5 nitrogen and oxygen atoms in total. The van der Waals surface area contributed by atoms with Crippen LogP contribution in [0.4, 0.5) is 4.79 Å². The molecule has 0 bridgehead atoms. The van der Waals surface area contributed by atoms with Gasteiger partial charge >= 0.3 is 6.09 Å². The van der Waals surface area contributed by atoms with Gasteiger partial charge in [0.1, 0.15) is 5.60 Å². The van der Waals surface area contributed by atoms with Crippen molar-refractivity contribution in [2.24, 2.45) is 0 Å². The van der Waals surface area contributed by atoms with E-state index in [1.165, 1.54) is 0 Å². The Kier molecular flexibility index (Phi) is 3.82. The zero-order valence-corrected chi connectivity index (χ0v) is 11.6. The van der Waals surface area contributed by atoms with Gasteiger partial charge in [0.05, 0.1) is 12.1 Å². The molecule has 2 heterocycles. The summed E-state index contributed by atoms with van der Waals surface area (Å²) in [5.41, 5.74) is -0.559. The molecule has 0 aromatic carbocycles. The molecule has 0 aromatic heterocycles. The van der Waals surface area contributed by atoms with Gasteiger partial charge in [-0.3, -0.25) is 4.90 Å². The van der Waals surface area contributed by atoms with E-state index in [0.29, 0.717) is 13.2 Å². The summed E-state index contributed by atoms with van der Waals surface area (Å²) in [6, 6.07) is 0. The van der Waals surface area contributed by atoms with E-state index in [-0.39, 0.29) is 11.6 Å². The third kappa shape index (κ3) is 2.95. The van der Waals surface area contributed by atoms with Crippen LogP contribution in [-0.4, -0.2) is 55.0 Å². The minimum absolute atomic E-state index is 0.112. The molecule has 1 atom stereocenters. The van der Waals surface area contributed by atoms with Crippen LogP contribution in [0.25, 0.3) is 0 Å². The lowest BCUT2D eigenvalue weighted by Gasteiger charge is -2.39. The quantitative estimate of drug-likeness (QED) is 0.711. The van der Waals surface area contributed by atoms with E-state index in [9.17, 15) is 4.79 Å². The molecule has 5 heteroatoms. The number of carbonyl (C=O) groups excluding carboxylic acids is 1. The summed E-state index contributed by atoms with van der Waals surface area (Å²) in [6.07, 6.45) is 1.66. The molecule has 2 aliphatic heterocycles. The third-order valence-electron chi connectivity index (χ3n) is 3.58. The largest absolute Gasteiger partial charge is 0.444 e. The molecule has 1 amide bonds. The molecule has 2 saturated heterocycles. The molecule has 1 N–H and O–H groups in total. The summed E-state index contributed by atoms with van der Waals surface area (Å²) in [5.74, 6) is 0. The maximum absolute atomic E-state index is 12.3. The summed E-state index contributed by atoms with van der Waals surface area (Å²) in [7, 11) is 0. The number of amides is 1. The highest BCUT2D eigenvalue weighted by molar-refractivity contribution is 5.69. The van der Waals surface area contributed by atoms with E-state index in [2.05, 4.69) is 5.32 Å². The first kappa shape index (κ1) is 13.6. The molecule has 0 saturated carbocycles. The van der Waals surface area contributed by atoms with E-state index < -0.39 is 5.60 Å². The Labute approximate surface area is 109 Å². The fraction of sp³-hybridized carbons (Fsp3) is 0.923. The van der Waals surface area contributed by atoms with Gasteiger partial charge in [-0.2, -0.15) is 0 Å². The zero-order chi connectivity index (χ0) is 13.2. The summed E-state index contributed by atoms with van der Waals surface area (Å²) < 4.78 is 11.0. The van der Waals surface area contributed by atoms with Gasteiger partial charge in [0.2, 0.25) is 0 Å². The first-order chi connectivity index (χ1) is 8.43. The van der Waals surface area contributed by atoms with Crippen LogP contribution in [0.1, 0.15) is 33.6 Å². The maximum atomic E-state index is 12.3. The molecule has 1 spiro atoms. The minimum atomic E-state index is -0.447. The van der Waals surface area contributed by atoms with Crippen molar-refractivity contribution in [1.29, 1.82) is 0 Å². The van der Waals surface area contributed by atoms with Crippen molar-refractivity contribution in [1.82, 2.24) is 10.2 Å². The van der Waals surface area contributed by atoms with Crippen molar-refractivity contribution in [2.75, 3.05) is 32.8 Å². The predicted molar refractivity (Wildman–Crippen MR) is 68.6 cm³/mol. The molecule has 2 rings (SSSR count). The second-order valence-corrected chi connectivity index (χ2v) is 6.15. The fourth-order valence-corrected chi connectivity index (χ4v) is 2.67. The van der Waals surface area contributed by atoms with Gasteiger partial charge in [-0.25, -0.2) is 4.79 Å². The Bertz CT molecular complexity index is 306. The summed E-state index contributed by atoms with van der Waals surface area (Å²) >= 11 is 0. The van der Waals surface area contributed by atoms with Crippen molar-refractivity contribution < 1.29 is 14.3 Å². The van der Waals surface area contributed by atoms with Crippen molar-refractivity contribution in [3.63, 3.8) is 0 Å². The lowest BCUT2D eigenvalue weighted by atomic mass is 9.93. The number of hydrogen-bond acceptors (Lipinski definition) is 4. The lowest BCUT2D eigenvalue weighted by molar-refractivity contribution is 0.00135. The maximum Gasteiger partial charge on any atom is 0.410 e. The SMILES string of the molecule is CC(C)(C)OC(=O)N1CCOCCC12CCNC2. The molecule has 2 fully saturated rings. The highest BCUT2D eigenvalue weighted by Crippen LogP contribution is 2.30. The molecule has 0 radical (unpaired) electrons. The van der Waals surface area contributed by atoms with Crippen LogP contribution in [0.2, 0.25) is 0 Å². The van der Waals surface area contributed by atoms with Crippen LogP contribution >= 0.6 is 0 Å². The standard InChI is InChI=1S/C13H24N2O3/c1-12(2,3)18-11(16)15-7-9-17-8-5-13(15)4-6-14-10-13/h14H,4-10H2,1-3H3. The minimum Gasteiger partial charge on any atom is -0.444 e. The van der Waals surface area contributed by atoms with Gasteiger partial charge in [-0.1, -0.05) is 0 Å². The van der Waals surface area contributed by atoms with Crippen LogP contribution in [-0.2, 0) is 9.47 Å².